The number of nitrogens with two attached hydrogens (primary N) is 2. The highest BCUT2D eigenvalue weighted by atomic mass is 32.2. The second-order valence-electron chi connectivity index (χ2n) is 3.90. The third kappa shape index (κ3) is 5.26. The first-order chi connectivity index (χ1) is 8.40. The average molecular weight is 271 g/mol. The van der Waals surface area contributed by atoms with Crippen molar-refractivity contribution in [2.45, 2.75) is 12.5 Å². The van der Waals surface area contributed by atoms with E-state index in [-0.39, 0.29) is 24.6 Å². The molecule has 1 rings (SSSR count). The van der Waals surface area contributed by atoms with E-state index in [0.717, 1.165) is 0 Å². The molecule has 0 bridgehead atoms. The molecule has 1 atom stereocenters. The van der Waals surface area contributed by atoms with Crippen LogP contribution in [0.2, 0.25) is 0 Å². The van der Waals surface area contributed by atoms with Crippen LogP contribution in [0.3, 0.4) is 0 Å². The van der Waals surface area contributed by atoms with Crippen molar-refractivity contribution in [3.63, 3.8) is 0 Å². The quantitative estimate of drug-likeness (QED) is 0.604. The van der Waals surface area contributed by atoms with Gasteiger partial charge in [0.15, 0.2) is 0 Å². The van der Waals surface area contributed by atoms with Crippen LogP contribution >= 0.6 is 0 Å². The number of hydrogen-bond donors (Lipinski definition) is 3. The van der Waals surface area contributed by atoms with Crippen LogP contribution in [0.1, 0.15) is 18.0 Å². The van der Waals surface area contributed by atoms with Crippen LogP contribution in [0.15, 0.2) is 30.3 Å². The number of amides is 1. The first kappa shape index (κ1) is 14.6. The summed E-state index contributed by atoms with van der Waals surface area (Å²) in [5, 5.41) is 7.41. The molecule has 0 aliphatic heterocycles. The third-order valence-electron chi connectivity index (χ3n) is 2.35. The Bertz CT molecular complexity index is 488. The van der Waals surface area contributed by atoms with Gasteiger partial charge in [-0.3, -0.25) is 4.79 Å². The summed E-state index contributed by atoms with van der Waals surface area (Å²) < 4.78 is 21.3. The fourth-order valence-corrected chi connectivity index (χ4v) is 1.95. The van der Waals surface area contributed by atoms with Gasteiger partial charge in [-0.2, -0.15) is 0 Å². The van der Waals surface area contributed by atoms with Crippen molar-refractivity contribution in [3.05, 3.63) is 35.9 Å². The zero-order valence-corrected chi connectivity index (χ0v) is 10.7. The maximum atomic E-state index is 11.7. The van der Waals surface area contributed by atoms with Crippen LogP contribution in [-0.2, 0) is 14.8 Å². The van der Waals surface area contributed by atoms with E-state index in [1.807, 2.05) is 6.07 Å². The van der Waals surface area contributed by atoms with E-state index in [1.165, 1.54) is 0 Å². The fraction of sp³-hybridized carbons (Fsp3) is 0.364. The summed E-state index contributed by atoms with van der Waals surface area (Å²) >= 11 is 0. The second-order valence-corrected chi connectivity index (χ2v) is 5.63. The molecule has 0 heterocycles. The molecular formula is C11H17N3O3S. The van der Waals surface area contributed by atoms with Gasteiger partial charge in [0.05, 0.1) is 5.75 Å². The van der Waals surface area contributed by atoms with Crippen molar-refractivity contribution in [3.8, 4) is 0 Å². The van der Waals surface area contributed by atoms with Gasteiger partial charge in [-0.05, 0) is 12.0 Å². The van der Waals surface area contributed by atoms with Gasteiger partial charge in [0.2, 0.25) is 15.9 Å². The van der Waals surface area contributed by atoms with Gasteiger partial charge < -0.3 is 11.1 Å². The first-order valence-corrected chi connectivity index (χ1v) is 7.20. The molecule has 0 aromatic heterocycles. The minimum atomic E-state index is -3.48. The van der Waals surface area contributed by atoms with E-state index in [0.29, 0.717) is 5.56 Å². The molecule has 1 amide bonds. The molecule has 0 radical (unpaired) electrons. The third-order valence-corrected chi connectivity index (χ3v) is 3.20. The van der Waals surface area contributed by atoms with Gasteiger partial charge in [-0.1, -0.05) is 30.3 Å². The summed E-state index contributed by atoms with van der Waals surface area (Å²) in [4.78, 5) is 11.7. The van der Waals surface area contributed by atoms with Crippen molar-refractivity contribution in [1.82, 2.24) is 5.32 Å². The number of primary sulfonamides is 1. The van der Waals surface area contributed by atoms with Gasteiger partial charge in [0.1, 0.15) is 6.04 Å². The van der Waals surface area contributed by atoms with Crippen molar-refractivity contribution in [2.24, 2.45) is 10.9 Å². The molecule has 0 fully saturated rings. The molecule has 0 saturated carbocycles. The highest BCUT2D eigenvalue weighted by Crippen LogP contribution is 2.08. The van der Waals surface area contributed by atoms with Crippen molar-refractivity contribution >= 4 is 15.9 Å². The predicted molar refractivity (Wildman–Crippen MR) is 69.0 cm³/mol. The van der Waals surface area contributed by atoms with E-state index in [2.05, 4.69) is 5.32 Å². The van der Waals surface area contributed by atoms with E-state index in [1.54, 1.807) is 24.3 Å². The number of carbonyl (C=O) groups is 1. The Morgan fingerprint density at radius 2 is 1.89 bits per heavy atom. The molecule has 5 N–H and O–H groups in total. The molecule has 0 aliphatic rings. The largest absolute Gasteiger partial charge is 0.354 e. The summed E-state index contributed by atoms with van der Waals surface area (Å²) in [5.74, 6) is -0.496. The molecule has 0 saturated heterocycles. The number of rotatable bonds is 6. The average Bonchev–Trinajstić information content (AvgIpc) is 2.33. The molecule has 100 valence electrons. The van der Waals surface area contributed by atoms with Gasteiger partial charge in [-0.25, -0.2) is 13.6 Å². The van der Waals surface area contributed by atoms with Crippen LogP contribution in [0.25, 0.3) is 0 Å². The lowest BCUT2D eigenvalue weighted by Gasteiger charge is -2.12. The van der Waals surface area contributed by atoms with Crippen LogP contribution in [0.4, 0.5) is 0 Å². The highest BCUT2D eigenvalue weighted by Gasteiger charge is 2.14. The molecule has 1 aromatic rings. The lowest BCUT2D eigenvalue weighted by atomic mass is 10.1. The summed E-state index contributed by atoms with van der Waals surface area (Å²) in [6, 6.07) is 8.19. The molecule has 0 spiro atoms. The Morgan fingerprint density at radius 1 is 1.28 bits per heavy atom. The molecular weight excluding hydrogens is 254 g/mol. The van der Waals surface area contributed by atoms with Crippen LogP contribution < -0.4 is 16.2 Å². The van der Waals surface area contributed by atoms with Crippen LogP contribution in [0.5, 0.6) is 0 Å². The maximum absolute atomic E-state index is 11.7. The predicted octanol–water partition coefficient (Wildman–Crippen LogP) is -0.519. The molecule has 0 aliphatic carbocycles. The Morgan fingerprint density at radius 3 is 2.44 bits per heavy atom. The second kappa shape index (κ2) is 6.48. The zero-order chi connectivity index (χ0) is 13.6. The first-order valence-electron chi connectivity index (χ1n) is 5.49. The van der Waals surface area contributed by atoms with Gasteiger partial charge in [0.25, 0.3) is 0 Å². The van der Waals surface area contributed by atoms with E-state index in [9.17, 15) is 13.2 Å². The van der Waals surface area contributed by atoms with Gasteiger partial charge in [0, 0.05) is 6.54 Å². The lowest BCUT2D eigenvalue weighted by molar-refractivity contribution is -0.122. The summed E-state index contributed by atoms with van der Waals surface area (Å²) in [6.45, 7) is 0.232. The normalized spacial score (nSPS) is 13.0. The smallest absolute Gasteiger partial charge is 0.241 e. The Hall–Kier alpha value is -1.44. The Kier molecular flexibility index (Phi) is 5.26. The molecule has 18 heavy (non-hydrogen) atoms. The number of benzene rings is 1. The lowest BCUT2D eigenvalue weighted by Crippen LogP contribution is -2.35. The van der Waals surface area contributed by atoms with Gasteiger partial charge in [-0.15, -0.1) is 0 Å². The van der Waals surface area contributed by atoms with Crippen LogP contribution in [-0.4, -0.2) is 26.6 Å². The van der Waals surface area contributed by atoms with Crippen molar-refractivity contribution in [1.29, 1.82) is 0 Å². The van der Waals surface area contributed by atoms with E-state index >= 15 is 0 Å². The summed E-state index contributed by atoms with van der Waals surface area (Å²) in [6.07, 6.45) is 0.270. The molecule has 6 nitrogen and oxygen atoms in total. The minimum Gasteiger partial charge on any atom is -0.354 e. The number of hydrogen-bond acceptors (Lipinski definition) is 4. The van der Waals surface area contributed by atoms with Crippen molar-refractivity contribution < 1.29 is 13.2 Å². The number of sulfonamides is 1. The SMILES string of the molecule is N[C@H](C(=O)NCCCS(N)(=O)=O)c1ccccc1. The topological polar surface area (TPSA) is 115 Å². The highest BCUT2D eigenvalue weighted by molar-refractivity contribution is 7.89. The summed E-state index contributed by atoms with van der Waals surface area (Å²) in [7, 11) is -3.48. The molecule has 0 unspecified atom stereocenters. The molecule has 1 aromatic carbocycles. The number of nitrogens with one attached hydrogen (secondary N) is 1. The fourth-order valence-electron chi connectivity index (χ4n) is 1.41. The Labute approximate surface area is 106 Å². The van der Waals surface area contributed by atoms with Crippen molar-refractivity contribution in [2.75, 3.05) is 12.3 Å². The van der Waals surface area contributed by atoms with E-state index in [4.69, 9.17) is 10.9 Å². The minimum absolute atomic E-state index is 0.159. The monoisotopic (exact) mass is 271 g/mol. The summed E-state index contributed by atoms with van der Waals surface area (Å²) in [5.41, 5.74) is 6.46. The van der Waals surface area contributed by atoms with Gasteiger partial charge >= 0.3 is 0 Å². The Balaban J connectivity index is 2.38. The van der Waals surface area contributed by atoms with E-state index < -0.39 is 16.1 Å². The van der Waals surface area contributed by atoms with Crippen LogP contribution in [0, 0.1) is 0 Å². The molecule has 7 heteroatoms. The standard InChI is InChI=1S/C11H17N3O3S/c12-10(9-5-2-1-3-6-9)11(15)14-7-4-8-18(13,16)17/h1-3,5-6,10H,4,7-8,12H2,(H,14,15)(H2,13,16,17)/t10-/m0/s1. The number of carbonyl (C=O) groups excluding carboxylic acids is 1. The maximum Gasteiger partial charge on any atom is 0.241 e. The zero-order valence-electron chi connectivity index (χ0n) is 9.87.